The van der Waals surface area contributed by atoms with Crippen molar-refractivity contribution in [1.29, 1.82) is 0 Å². The summed E-state index contributed by atoms with van der Waals surface area (Å²) in [5.74, 6) is -2.11. The highest BCUT2D eigenvalue weighted by Gasteiger charge is 2.34. The molecule has 0 amide bonds. The number of nitrogens with one attached hydrogen (secondary N) is 1. The van der Waals surface area contributed by atoms with E-state index in [4.69, 9.17) is 9.84 Å². The lowest BCUT2D eigenvalue weighted by Crippen LogP contribution is -2.15. The lowest BCUT2D eigenvalue weighted by molar-refractivity contribution is -0.141. The van der Waals surface area contributed by atoms with Gasteiger partial charge in [-0.05, 0) is 17.7 Å². The van der Waals surface area contributed by atoms with Crippen LogP contribution in [0.15, 0.2) is 34.8 Å². The molecule has 1 aromatic carbocycles. The summed E-state index contributed by atoms with van der Waals surface area (Å²) in [6, 6.07) is 7.66. The summed E-state index contributed by atoms with van der Waals surface area (Å²) in [6.07, 6.45) is -4.71. The lowest BCUT2D eigenvalue weighted by Gasteiger charge is -2.11. The highest BCUT2D eigenvalue weighted by molar-refractivity contribution is 9.10. The number of hydrogen-bond acceptors (Lipinski definition) is 5. The number of benzene rings is 1. The Bertz CT molecular complexity index is 723. The van der Waals surface area contributed by atoms with Crippen molar-refractivity contribution in [2.24, 2.45) is 0 Å². The first-order valence-electron chi connectivity index (χ1n) is 6.53. The van der Waals surface area contributed by atoms with Crippen LogP contribution in [0.1, 0.15) is 11.3 Å². The van der Waals surface area contributed by atoms with Crippen molar-refractivity contribution < 1.29 is 27.8 Å². The largest absolute Gasteiger partial charge is 0.479 e. The van der Waals surface area contributed by atoms with Crippen LogP contribution in [0, 0.1) is 0 Å². The molecule has 2 aromatic rings. The SMILES string of the molecule is O=C(O)COc1cc(C(F)(F)F)nc(NCc2ccc(Br)cc2)n1. The minimum absolute atomic E-state index is 0.187. The minimum Gasteiger partial charge on any atom is -0.479 e. The summed E-state index contributed by atoms with van der Waals surface area (Å²) in [5, 5.41) is 11.2. The van der Waals surface area contributed by atoms with E-state index in [0.717, 1.165) is 10.0 Å². The number of carboxylic acids is 1. The standard InChI is InChI=1S/C14H11BrF3N3O3/c15-9-3-1-8(2-4-9)6-19-13-20-10(14(16,17)18)5-11(21-13)24-7-12(22)23/h1-5H,6-7H2,(H,22,23)(H,19,20,21). The lowest BCUT2D eigenvalue weighted by atomic mass is 10.2. The zero-order valence-electron chi connectivity index (χ0n) is 12.0. The van der Waals surface area contributed by atoms with Gasteiger partial charge >= 0.3 is 12.1 Å². The smallest absolute Gasteiger partial charge is 0.433 e. The summed E-state index contributed by atoms with van der Waals surface area (Å²) in [5.41, 5.74) is -0.427. The third-order valence-electron chi connectivity index (χ3n) is 2.70. The fourth-order valence-electron chi connectivity index (χ4n) is 1.64. The average Bonchev–Trinajstić information content (AvgIpc) is 2.51. The number of hydrogen-bond donors (Lipinski definition) is 2. The molecule has 1 heterocycles. The Balaban J connectivity index is 2.18. The number of carboxylic acid groups (broad SMARTS) is 1. The molecule has 2 N–H and O–H groups in total. The second-order valence-electron chi connectivity index (χ2n) is 4.58. The zero-order chi connectivity index (χ0) is 17.7. The Morgan fingerprint density at radius 3 is 2.50 bits per heavy atom. The van der Waals surface area contributed by atoms with Crippen molar-refractivity contribution in [2.75, 3.05) is 11.9 Å². The van der Waals surface area contributed by atoms with Gasteiger partial charge in [-0.15, -0.1) is 0 Å². The van der Waals surface area contributed by atoms with Gasteiger partial charge in [0.2, 0.25) is 11.8 Å². The van der Waals surface area contributed by atoms with Crippen LogP contribution in [0.3, 0.4) is 0 Å². The second-order valence-corrected chi connectivity index (χ2v) is 5.49. The van der Waals surface area contributed by atoms with Crippen LogP contribution >= 0.6 is 15.9 Å². The van der Waals surface area contributed by atoms with E-state index in [-0.39, 0.29) is 12.5 Å². The summed E-state index contributed by atoms with van der Waals surface area (Å²) in [4.78, 5) is 17.6. The highest BCUT2D eigenvalue weighted by Crippen LogP contribution is 2.30. The topological polar surface area (TPSA) is 84.3 Å². The number of rotatable bonds is 6. The van der Waals surface area contributed by atoms with Gasteiger partial charge in [-0.2, -0.15) is 18.2 Å². The fraction of sp³-hybridized carbons (Fsp3) is 0.214. The van der Waals surface area contributed by atoms with Crippen molar-refractivity contribution in [2.45, 2.75) is 12.7 Å². The Morgan fingerprint density at radius 2 is 1.92 bits per heavy atom. The molecule has 0 saturated heterocycles. The van der Waals surface area contributed by atoms with E-state index in [0.29, 0.717) is 6.07 Å². The van der Waals surface area contributed by atoms with Crippen molar-refractivity contribution >= 4 is 27.8 Å². The van der Waals surface area contributed by atoms with E-state index < -0.39 is 30.3 Å². The molecular formula is C14H11BrF3N3O3. The van der Waals surface area contributed by atoms with Crippen LogP contribution in [0.5, 0.6) is 5.88 Å². The van der Waals surface area contributed by atoms with Gasteiger partial charge in [0.25, 0.3) is 0 Å². The number of carbonyl (C=O) groups is 1. The van der Waals surface area contributed by atoms with Crippen LogP contribution in [0.2, 0.25) is 0 Å². The number of nitrogens with zero attached hydrogens (tertiary/aromatic N) is 2. The molecule has 0 fully saturated rings. The fourth-order valence-corrected chi connectivity index (χ4v) is 1.91. The maximum Gasteiger partial charge on any atom is 0.433 e. The number of aromatic nitrogens is 2. The van der Waals surface area contributed by atoms with Crippen molar-refractivity contribution in [3.8, 4) is 5.88 Å². The normalized spacial score (nSPS) is 11.2. The van der Waals surface area contributed by atoms with Crippen molar-refractivity contribution in [3.63, 3.8) is 0 Å². The van der Waals surface area contributed by atoms with Crippen LogP contribution in [-0.4, -0.2) is 27.7 Å². The van der Waals surface area contributed by atoms with Gasteiger partial charge in [-0.1, -0.05) is 28.1 Å². The van der Waals surface area contributed by atoms with E-state index in [2.05, 4.69) is 31.2 Å². The van der Waals surface area contributed by atoms with Gasteiger partial charge < -0.3 is 15.2 Å². The maximum atomic E-state index is 12.9. The minimum atomic E-state index is -4.71. The van der Waals surface area contributed by atoms with Gasteiger partial charge in [0.15, 0.2) is 12.3 Å². The van der Waals surface area contributed by atoms with Crippen LogP contribution < -0.4 is 10.1 Å². The van der Waals surface area contributed by atoms with E-state index >= 15 is 0 Å². The number of ether oxygens (including phenoxy) is 1. The molecular weight excluding hydrogens is 395 g/mol. The van der Waals surface area contributed by atoms with Gasteiger partial charge in [0.05, 0.1) is 0 Å². The highest BCUT2D eigenvalue weighted by atomic mass is 79.9. The maximum absolute atomic E-state index is 12.9. The van der Waals surface area contributed by atoms with Gasteiger partial charge in [-0.3, -0.25) is 0 Å². The number of alkyl halides is 3. The van der Waals surface area contributed by atoms with Crippen LogP contribution in [0.25, 0.3) is 0 Å². The zero-order valence-corrected chi connectivity index (χ0v) is 13.6. The molecule has 128 valence electrons. The summed E-state index contributed by atoms with van der Waals surface area (Å²) < 4.78 is 44.2. The van der Waals surface area contributed by atoms with E-state index in [1.54, 1.807) is 24.3 Å². The Hall–Kier alpha value is -2.36. The van der Waals surface area contributed by atoms with Crippen molar-refractivity contribution in [3.05, 3.63) is 46.1 Å². The van der Waals surface area contributed by atoms with E-state index in [9.17, 15) is 18.0 Å². The van der Waals surface area contributed by atoms with Gasteiger partial charge in [0, 0.05) is 17.1 Å². The van der Waals surface area contributed by atoms with Crippen LogP contribution in [0.4, 0.5) is 19.1 Å². The van der Waals surface area contributed by atoms with Crippen molar-refractivity contribution in [1.82, 2.24) is 9.97 Å². The predicted molar refractivity (Wildman–Crippen MR) is 81.6 cm³/mol. The Kier molecular flexibility index (Phi) is 5.60. The van der Waals surface area contributed by atoms with Crippen LogP contribution in [-0.2, 0) is 17.5 Å². The predicted octanol–water partition coefficient (Wildman–Crippen LogP) is 3.33. The number of halogens is 4. The summed E-state index contributed by atoms with van der Waals surface area (Å²) in [6.45, 7) is -0.618. The molecule has 0 spiro atoms. The molecule has 0 bridgehead atoms. The molecule has 0 unspecified atom stereocenters. The molecule has 2 rings (SSSR count). The molecule has 0 saturated carbocycles. The molecule has 0 atom stereocenters. The number of aliphatic carboxylic acids is 1. The summed E-state index contributed by atoms with van der Waals surface area (Å²) >= 11 is 3.28. The van der Waals surface area contributed by atoms with E-state index in [1.165, 1.54) is 0 Å². The number of anilines is 1. The molecule has 6 nitrogen and oxygen atoms in total. The monoisotopic (exact) mass is 405 g/mol. The van der Waals surface area contributed by atoms with E-state index in [1.807, 2.05) is 0 Å². The second kappa shape index (κ2) is 7.47. The molecule has 1 aromatic heterocycles. The molecule has 0 aliphatic heterocycles. The first kappa shape index (κ1) is 18.0. The Labute approximate surface area is 142 Å². The third-order valence-corrected chi connectivity index (χ3v) is 3.23. The van der Waals surface area contributed by atoms with Gasteiger partial charge in [-0.25, -0.2) is 9.78 Å². The molecule has 0 radical (unpaired) electrons. The first-order chi connectivity index (χ1) is 11.2. The summed E-state index contributed by atoms with van der Waals surface area (Å²) in [7, 11) is 0. The quantitative estimate of drug-likeness (QED) is 0.766. The molecule has 24 heavy (non-hydrogen) atoms. The average molecular weight is 406 g/mol. The molecule has 10 heteroatoms. The molecule has 0 aliphatic carbocycles. The Morgan fingerprint density at radius 1 is 1.25 bits per heavy atom. The van der Waals surface area contributed by atoms with Gasteiger partial charge in [0.1, 0.15) is 0 Å². The third kappa shape index (κ3) is 5.37. The first-order valence-corrected chi connectivity index (χ1v) is 7.32. The molecule has 0 aliphatic rings.